The number of aromatic nitrogens is 4. The molecule has 10 heteroatoms. The van der Waals surface area contributed by atoms with Gasteiger partial charge in [0.25, 0.3) is 0 Å². The van der Waals surface area contributed by atoms with Crippen molar-refractivity contribution >= 4 is 11.9 Å². The van der Waals surface area contributed by atoms with E-state index in [2.05, 4.69) is 16.3 Å². The Morgan fingerprint density at radius 3 is 1.78 bits per heavy atom. The van der Waals surface area contributed by atoms with Gasteiger partial charge < -0.3 is 9.84 Å². The minimum Gasteiger partial charge on any atom is -0.477 e. The van der Waals surface area contributed by atoms with Crippen LogP contribution < -0.4 is 0 Å². The van der Waals surface area contributed by atoms with Crippen molar-refractivity contribution in [1.29, 1.82) is 10.5 Å². The predicted molar refractivity (Wildman–Crippen MR) is 129 cm³/mol. The second kappa shape index (κ2) is 11.3. The lowest BCUT2D eigenvalue weighted by Crippen LogP contribution is -2.12. The average molecular weight is 483 g/mol. The molecule has 2 aromatic carbocycles. The lowest BCUT2D eigenvalue weighted by molar-refractivity contribution is 0.0515. The third-order valence-corrected chi connectivity index (χ3v) is 4.81. The zero-order valence-corrected chi connectivity index (χ0v) is 19.8. The number of nitrogens with zero attached hydrogens (tertiary/aromatic N) is 6. The summed E-state index contributed by atoms with van der Waals surface area (Å²) < 4.78 is 7.81. The lowest BCUT2D eigenvalue weighted by atomic mass is 10.2. The Labute approximate surface area is 207 Å². The Hall–Kier alpha value is -5.22. The standard InChI is InChI=1S/C14H13N3O2.C12H9N3O2/c1-3-19-14(18)13-7-10(2)16-17(13)12-6-4-5-11(8-12)9-15;1-8-5-11(12(16)17)15(14-8)10-4-2-3-9(6-10)7-13/h4-8H,3H2,1-2H3;2-6H,1H3,(H,16,17). The first-order chi connectivity index (χ1) is 17.3. The highest BCUT2D eigenvalue weighted by Crippen LogP contribution is 2.16. The van der Waals surface area contributed by atoms with E-state index in [0.717, 1.165) is 0 Å². The Balaban J connectivity index is 0.000000202. The monoisotopic (exact) mass is 482 g/mol. The van der Waals surface area contributed by atoms with E-state index in [0.29, 0.717) is 46.2 Å². The van der Waals surface area contributed by atoms with Crippen molar-refractivity contribution < 1.29 is 19.4 Å². The van der Waals surface area contributed by atoms with Crippen LogP contribution in [-0.4, -0.2) is 43.2 Å². The minimum absolute atomic E-state index is 0.0811. The normalized spacial score (nSPS) is 9.92. The van der Waals surface area contributed by atoms with Crippen molar-refractivity contribution in [2.24, 2.45) is 0 Å². The highest BCUT2D eigenvalue weighted by molar-refractivity contribution is 5.88. The number of carbonyl (C=O) groups excluding carboxylic acids is 1. The predicted octanol–water partition coefficient (Wildman–Crippen LogP) is 3.98. The van der Waals surface area contributed by atoms with E-state index in [1.165, 1.54) is 15.4 Å². The van der Waals surface area contributed by atoms with E-state index in [9.17, 15) is 9.59 Å². The Bertz CT molecular complexity index is 1500. The van der Waals surface area contributed by atoms with Crippen LogP contribution >= 0.6 is 0 Å². The Morgan fingerprint density at radius 2 is 1.33 bits per heavy atom. The highest BCUT2D eigenvalue weighted by atomic mass is 16.5. The minimum atomic E-state index is -1.05. The molecule has 0 aliphatic carbocycles. The van der Waals surface area contributed by atoms with Crippen molar-refractivity contribution in [3.05, 3.63) is 94.6 Å². The van der Waals surface area contributed by atoms with E-state index in [-0.39, 0.29) is 5.69 Å². The molecular weight excluding hydrogens is 460 g/mol. The summed E-state index contributed by atoms with van der Waals surface area (Å²) in [6, 6.07) is 20.8. The molecule has 0 aliphatic heterocycles. The van der Waals surface area contributed by atoms with E-state index in [4.69, 9.17) is 20.4 Å². The first-order valence-corrected chi connectivity index (χ1v) is 10.8. The number of carboxylic acids is 1. The van der Waals surface area contributed by atoms with Crippen LogP contribution in [0.5, 0.6) is 0 Å². The summed E-state index contributed by atoms with van der Waals surface area (Å²) in [5, 5.41) is 35.1. The van der Waals surface area contributed by atoms with Crippen LogP contribution in [0.3, 0.4) is 0 Å². The van der Waals surface area contributed by atoms with Crippen molar-refractivity contribution in [2.45, 2.75) is 20.8 Å². The molecule has 0 spiro atoms. The topological polar surface area (TPSA) is 147 Å². The van der Waals surface area contributed by atoms with Crippen LogP contribution in [0.15, 0.2) is 60.7 Å². The summed E-state index contributed by atoms with van der Waals surface area (Å²) in [6.45, 7) is 5.58. The van der Waals surface area contributed by atoms with Crippen LogP contribution in [0.4, 0.5) is 0 Å². The van der Waals surface area contributed by atoms with Crippen molar-refractivity contribution in [3.63, 3.8) is 0 Å². The van der Waals surface area contributed by atoms with E-state index in [1.54, 1.807) is 75.4 Å². The summed E-state index contributed by atoms with van der Waals surface area (Å²) in [6.07, 6.45) is 0. The number of ether oxygens (including phenoxy) is 1. The van der Waals surface area contributed by atoms with Gasteiger partial charge in [-0.25, -0.2) is 19.0 Å². The molecule has 1 N–H and O–H groups in total. The summed E-state index contributed by atoms with van der Waals surface area (Å²) in [5.41, 5.74) is 3.97. The van der Waals surface area contributed by atoms with Gasteiger partial charge in [0.15, 0.2) is 11.4 Å². The summed E-state index contributed by atoms with van der Waals surface area (Å²) >= 11 is 0. The molecule has 180 valence electrons. The third-order valence-electron chi connectivity index (χ3n) is 4.81. The van der Waals surface area contributed by atoms with Crippen LogP contribution in [0.1, 0.15) is 50.4 Å². The molecule has 2 heterocycles. The maximum absolute atomic E-state index is 11.9. The quantitative estimate of drug-likeness (QED) is 0.420. The number of carbonyl (C=O) groups is 2. The molecule has 0 aliphatic rings. The van der Waals surface area contributed by atoms with Gasteiger partial charge in [0.05, 0.1) is 52.6 Å². The van der Waals surface area contributed by atoms with Gasteiger partial charge in [-0.3, -0.25) is 0 Å². The van der Waals surface area contributed by atoms with Crippen LogP contribution in [0.25, 0.3) is 11.4 Å². The molecule has 0 atom stereocenters. The summed E-state index contributed by atoms with van der Waals surface area (Å²) in [5.74, 6) is -1.47. The fraction of sp³-hybridized carbons (Fsp3) is 0.154. The van der Waals surface area contributed by atoms with Crippen LogP contribution in [0.2, 0.25) is 0 Å². The molecule has 4 aromatic rings. The van der Waals surface area contributed by atoms with Gasteiger partial charge in [-0.15, -0.1) is 0 Å². The highest BCUT2D eigenvalue weighted by Gasteiger charge is 2.16. The molecule has 2 aromatic heterocycles. The van der Waals surface area contributed by atoms with E-state index >= 15 is 0 Å². The average Bonchev–Trinajstić information content (AvgIpc) is 3.47. The molecule has 0 bridgehead atoms. The van der Waals surface area contributed by atoms with Crippen molar-refractivity contribution in [3.8, 4) is 23.5 Å². The van der Waals surface area contributed by atoms with Crippen LogP contribution in [0, 0.1) is 36.5 Å². The Morgan fingerprint density at radius 1 is 0.861 bits per heavy atom. The number of hydrogen-bond acceptors (Lipinski definition) is 7. The summed E-state index contributed by atoms with van der Waals surface area (Å²) in [7, 11) is 0. The van der Waals surface area contributed by atoms with Gasteiger partial charge in [-0.1, -0.05) is 12.1 Å². The van der Waals surface area contributed by atoms with Gasteiger partial charge in [-0.05, 0) is 69.3 Å². The maximum Gasteiger partial charge on any atom is 0.357 e. The molecule has 0 amide bonds. The molecule has 10 nitrogen and oxygen atoms in total. The molecule has 36 heavy (non-hydrogen) atoms. The lowest BCUT2D eigenvalue weighted by Gasteiger charge is -2.06. The van der Waals surface area contributed by atoms with Gasteiger partial charge in [0.2, 0.25) is 0 Å². The largest absolute Gasteiger partial charge is 0.477 e. The number of benzene rings is 2. The molecule has 4 rings (SSSR count). The van der Waals surface area contributed by atoms with Gasteiger partial charge >= 0.3 is 11.9 Å². The molecule has 0 unspecified atom stereocenters. The van der Waals surface area contributed by atoms with Gasteiger partial charge in [-0.2, -0.15) is 20.7 Å². The summed E-state index contributed by atoms with van der Waals surface area (Å²) in [4.78, 5) is 22.9. The first kappa shape index (κ1) is 25.4. The molecule has 0 fully saturated rings. The second-order valence-corrected chi connectivity index (χ2v) is 7.52. The zero-order chi connectivity index (χ0) is 26.2. The zero-order valence-electron chi connectivity index (χ0n) is 19.8. The third kappa shape index (κ3) is 5.82. The van der Waals surface area contributed by atoms with Crippen LogP contribution in [-0.2, 0) is 4.74 Å². The SMILES string of the molecule is CCOC(=O)c1cc(C)nn1-c1cccc(C#N)c1.Cc1cc(C(=O)O)n(-c2cccc(C#N)c2)n1. The van der Waals surface area contributed by atoms with Crippen molar-refractivity contribution in [1.82, 2.24) is 19.6 Å². The number of esters is 1. The van der Waals surface area contributed by atoms with E-state index < -0.39 is 11.9 Å². The van der Waals surface area contributed by atoms with E-state index in [1.807, 2.05) is 6.07 Å². The number of rotatable bonds is 5. The number of nitriles is 2. The number of aryl methyl sites for hydroxylation is 2. The fourth-order valence-corrected chi connectivity index (χ4v) is 3.31. The molecular formula is C26H22N6O4. The molecule has 0 saturated carbocycles. The fourth-order valence-electron chi connectivity index (χ4n) is 3.31. The Kier molecular flexibility index (Phi) is 7.95. The molecule has 0 saturated heterocycles. The van der Waals surface area contributed by atoms with Crippen molar-refractivity contribution in [2.75, 3.05) is 6.61 Å². The second-order valence-electron chi connectivity index (χ2n) is 7.52. The maximum atomic E-state index is 11.9. The number of aromatic carboxylic acids is 1. The smallest absolute Gasteiger partial charge is 0.357 e. The number of hydrogen-bond donors (Lipinski definition) is 1. The van der Waals surface area contributed by atoms with Gasteiger partial charge in [0, 0.05) is 0 Å². The first-order valence-electron chi connectivity index (χ1n) is 10.8. The molecule has 0 radical (unpaired) electrons. The van der Waals surface area contributed by atoms with Gasteiger partial charge in [0.1, 0.15) is 0 Å². The number of carboxylic acid groups (broad SMARTS) is 1.